The summed E-state index contributed by atoms with van der Waals surface area (Å²) in [6, 6.07) is 0.959. The van der Waals surface area contributed by atoms with Crippen LogP contribution < -0.4 is 0 Å². The van der Waals surface area contributed by atoms with E-state index in [1.807, 2.05) is 13.8 Å². The second-order valence-electron chi connectivity index (χ2n) is 4.46. The summed E-state index contributed by atoms with van der Waals surface area (Å²) in [6.45, 7) is 10.1. The molecular formula is C12H26O5Si. The van der Waals surface area contributed by atoms with Crippen LogP contribution in [0.25, 0.3) is 0 Å². The van der Waals surface area contributed by atoms with E-state index >= 15 is 0 Å². The molecule has 1 heterocycles. The molecule has 0 spiro atoms. The fraction of sp³-hybridized carbons (Fsp3) is 1.00. The highest BCUT2D eigenvalue weighted by atomic mass is 28.4. The highest BCUT2D eigenvalue weighted by Crippen LogP contribution is 2.15. The van der Waals surface area contributed by atoms with Crippen LogP contribution in [-0.2, 0) is 23.1 Å². The van der Waals surface area contributed by atoms with Crippen molar-refractivity contribution in [2.45, 2.75) is 39.0 Å². The predicted molar refractivity (Wildman–Crippen MR) is 70.8 cm³/mol. The number of rotatable bonds is 12. The van der Waals surface area contributed by atoms with Gasteiger partial charge in [-0.1, -0.05) is 0 Å². The highest BCUT2D eigenvalue weighted by molar-refractivity contribution is 6.66. The molecule has 1 rings (SSSR count). The molecule has 1 fully saturated rings. The highest BCUT2D eigenvalue weighted by Gasteiger charge is 2.29. The standard InChI is InChI=1S/C12H26O5Si/c1-4-16-18(3,17-5-2)8-6-7-13-11-14-9-12-10-15-12/h12H,4-11H2,1-3H3. The van der Waals surface area contributed by atoms with Crippen LogP contribution in [0.3, 0.4) is 0 Å². The van der Waals surface area contributed by atoms with Gasteiger partial charge in [0.05, 0.1) is 13.2 Å². The Labute approximate surface area is 111 Å². The van der Waals surface area contributed by atoms with Gasteiger partial charge >= 0.3 is 8.56 Å². The van der Waals surface area contributed by atoms with E-state index in [1.165, 1.54) is 0 Å². The zero-order valence-corrected chi connectivity index (χ0v) is 12.8. The summed E-state index contributed by atoms with van der Waals surface area (Å²) in [5, 5.41) is 0. The number of hydrogen-bond donors (Lipinski definition) is 0. The van der Waals surface area contributed by atoms with E-state index < -0.39 is 8.56 Å². The minimum absolute atomic E-state index is 0.306. The maximum Gasteiger partial charge on any atom is 0.334 e. The number of epoxide rings is 1. The first-order valence-corrected chi connectivity index (χ1v) is 9.27. The lowest BCUT2D eigenvalue weighted by atomic mass is 10.5. The molecule has 0 radical (unpaired) electrons. The lowest BCUT2D eigenvalue weighted by molar-refractivity contribution is -0.0576. The molecular weight excluding hydrogens is 252 g/mol. The molecule has 18 heavy (non-hydrogen) atoms. The van der Waals surface area contributed by atoms with Gasteiger partial charge in [0, 0.05) is 19.8 Å². The summed E-state index contributed by atoms with van der Waals surface area (Å²) in [6.07, 6.45) is 1.26. The minimum Gasteiger partial charge on any atom is -0.395 e. The van der Waals surface area contributed by atoms with Crippen molar-refractivity contribution in [3.63, 3.8) is 0 Å². The quantitative estimate of drug-likeness (QED) is 0.236. The van der Waals surface area contributed by atoms with Gasteiger partial charge in [0.2, 0.25) is 0 Å². The zero-order valence-electron chi connectivity index (χ0n) is 11.8. The van der Waals surface area contributed by atoms with Gasteiger partial charge in [-0.2, -0.15) is 0 Å². The fourth-order valence-electron chi connectivity index (χ4n) is 1.75. The summed E-state index contributed by atoms with van der Waals surface area (Å²) < 4.78 is 27.2. The van der Waals surface area contributed by atoms with Crippen LogP contribution >= 0.6 is 0 Å². The van der Waals surface area contributed by atoms with E-state index in [1.54, 1.807) is 0 Å². The molecule has 0 N–H and O–H groups in total. The van der Waals surface area contributed by atoms with Gasteiger partial charge in [0.1, 0.15) is 12.9 Å². The van der Waals surface area contributed by atoms with E-state index in [9.17, 15) is 0 Å². The summed E-state index contributed by atoms with van der Waals surface area (Å²) in [7, 11) is -1.97. The lowest BCUT2D eigenvalue weighted by Crippen LogP contribution is -2.38. The Morgan fingerprint density at radius 3 is 2.39 bits per heavy atom. The predicted octanol–water partition coefficient (Wildman–Crippen LogP) is 1.91. The van der Waals surface area contributed by atoms with Gasteiger partial charge < -0.3 is 23.1 Å². The van der Waals surface area contributed by atoms with E-state index in [-0.39, 0.29) is 0 Å². The van der Waals surface area contributed by atoms with Crippen LogP contribution in [0.5, 0.6) is 0 Å². The first-order chi connectivity index (χ1) is 8.70. The molecule has 1 aliphatic rings. The van der Waals surface area contributed by atoms with Crippen molar-refractivity contribution in [2.24, 2.45) is 0 Å². The summed E-state index contributed by atoms with van der Waals surface area (Å²) in [4.78, 5) is 0. The van der Waals surface area contributed by atoms with E-state index in [0.717, 1.165) is 19.1 Å². The third-order valence-electron chi connectivity index (χ3n) is 2.69. The number of ether oxygens (including phenoxy) is 3. The van der Waals surface area contributed by atoms with Crippen molar-refractivity contribution >= 4 is 8.56 Å². The molecule has 0 saturated carbocycles. The molecule has 1 aliphatic heterocycles. The van der Waals surface area contributed by atoms with Crippen molar-refractivity contribution < 1.29 is 23.1 Å². The third-order valence-corrected chi connectivity index (χ3v) is 5.75. The Kier molecular flexibility index (Phi) is 8.04. The smallest absolute Gasteiger partial charge is 0.334 e. The van der Waals surface area contributed by atoms with Crippen LogP contribution in [0.2, 0.25) is 12.6 Å². The second kappa shape index (κ2) is 9.01. The minimum atomic E-state index is -1.97. The first-order valence-electron chi connectivity index (χ1n) is 6.75. The van der Waals surface area contributed by atoms with Crippen LogP contribution in [0.4, 0.5) is 0 Å². The second-order valence-corrected chi connectivity index (χ2v) is 7.80. The molecule has 0 aromatic carbocycles. The van der Waals surface area contributed by atoms with Crippen molar-refractivity contribution in [2.75, 3.05) is 39.8 Å². The Morgan fingerprint density at radius 1 is 1.17 bits per heavy atom. The molecule has 0 aliphatic carbocycles. The zero-order chi connectivity index (χ0) is 13.3. The molecule has 6 heteroatoms. The van der Waals surface area contributed by atoms with Crippen molar-refractivity contribution in [1.29, 1.82) is 0 Å². The van der Waals surface area contributed by atoms with Crippen LogP contribution in [0.1, 0.15) is 20.3 Å². The Balaban J connectivity index is 1.95. The van der Waals surface area contributed by atoms with E-state index in [4.69, 9.17) is 23.1 Å². The van der Waals surface area contributed by atoms with Gasteiger partial charge in [0.15, 0.2) is 0 Å². The Morgan fingerprint density at radius 2 is 1.83 bits per heavy atom. The Hall–Kier alpha value is 0.0169. The molecule has 0 bridgehead atoms. The SMILES string of the molecule is CCO[Si](C)(CCCOCOCC1CO1)OCC. The molecule has 1 unspecified atom stereocenters. The summed E-state index contributed by atoms with van der Waals surface area (Å²) >= 11 is 0. The lowest BCUT2D eigenvalue weighted by Gasteiger charge is -2.25. The van der Waals surface area contributed by atoms with Crippen molar-refractivity contribution in [1.82, 2.24) is 0 Å². The topological polar surface area (TPSA) is 49.5 Å². The van der Waals surface area contributed by atoms with Crippen molar-refractivity contribution in [3.05, 3.63) is 0 Å². The largest absolute Gasteiger partial charge is 0.395 e. The molecule has 0 aromatic rings. The molecule has 108 valence electrons. The maximum atomic E-state index is 5.75. The molecule has 0 amide bonds. The van der Waals surface area contributed by atoms with Gasteiger partial charge in [-0.25, -0.2) is 0 Å². The van der Waals surface area contributed by atoms with E-state index in [0.29, 0.717) is 39.3 Å². The van der Waals surface area contributed by atoms with E-state index in [2.05, 4.69) is 6.55 Å². The normalized spacial score (nSPS) is 19.2. The maximum absolute atomic E-state index is 5.75. The molecule has 1 atom stereocenters. The van der Waals surface area contributed by atoms with Crippen LogP contribution in [0.15, 0.2) is 0 Å². The fourth-order valence-corrected chi connectivity index (χ4v) is 4.13. The summed E-state index contributed by atoms with van der Waals surface area (Å²) in [5.41, 5.74) is 0. The first kappa shape index (κ1) is 16.1. The van der Waals surface area contributed by atoms with Crippen LogP contribution in [-0.4, -0.2) is 54.5 Å². The van der Waals surface area contributed by atoms with Gasteiger partial charge in [0.25, 0.3) is 0 Å². The monoisotopic (exact) mass is 278 g/mol. The molecule has 0 aromatic heterocycles. The number of hydrogen-bond acceptors (Lipinski definition) is 5. The third kappa shape index (κ3) is 7.45. The van der Waals surface area contributed by atoms with Gasteiger partial charge in [-0.15, -0.1) is 0 Å². The Bertz CT molecular complexity index is 205. The van der Waals surface area contributed by atoms with Crippen molar-refractivity contribution in [3.8, 4) is 0 Å². The molecule has 5 nitrogen and oxygen atoms in total. The average molecular weight is 278 g/mol. The van der Waals surface area contributed by atoms with Gasteiger partial charge in [-0.3, -0.25) is 0 Å². The average Bonchev–Trinajstić information content (AvgIpc) is 3.12. The van der Waals surface area contributed by atoms with Gasteiger partial charge in [-0.05, 0) is 32.9 Å². The summed E-state index contributed by atoms with van der Waals surface area (Å²) in [5.74, 6) is 0. The van der Waals surface area contributed by atoms with Crippen LogP contribution in [0, 0.1) is 0 Å². The molecule has 1 saturated heterocycles.